The molecule has 5 nitrogen and oxygen atoms in total. The SMILES string of the molecule is CNC(c1ccc(C)o1)C1(C(=O)O)COC1. The van der Waals surface area contributed by atoms with Crippen molar-refractivity contribution in [1.29, 1.82) is 0 Å². The number of aliphatic carboxylic acids is 1. The van der Waals surface area contributed by atoms with E-state index in [4.69, 9.17) is 9.15 Å². The molecule has 1 atom stereocenters. The maximum Gasteiger partial charge on any atom is 0.316 e. The Labute approximate surface area is 93.4 Å². The molecule has 1 unspecified atom stereocenters. The van der Waals surface area contributed by atoms with Gasteiger partial charge in [-0.05, 0) is 26.1 Å². The summed E-state index contributed by atoms with van der Waals surface area (Å²) < 4.78 is 10.5. The molecule has 0 aromatic carbocycles. The molecule has 2 N–H and O–H groups in total. The highest BCUT2D eigenvalue weighted by molar-refractivity contribution is 5.77. The van der Waals surface area contributed by atoms with Gasteiger partial charge in [-0.25, -0.2) is 0 Å². The number of rotatable bonds is 4. The smallest absolute Gasteiger partial charge is 0.316 e. The number of carboxylic acid groups (broad SMARTS) is 1. The van der Waals surface area contributed by atoms with E-state index in [0.29, 0.717) is 5.76 Å². The summed E-state index contributed by atoms with van der Waals surface area (Å²) >= 11 is 0. The number of aryl methyl sites for hydroxylation is 1. The normalized spacial score (nSPS) is 20.1. The lowest BCUT2D eigenvalue weighted by atomic mass is 9.77. The molecule has 0 saturated carbocycles. The molecular formula is C11H15NO4. The zero-order valence-electron chi connectivity index (χ0n) is 9.32. The molecule has 0 aliphatic carbocycles. The van der Waals surface area contributed by atoms with Crippen LogP contribution in [-0.4, -0.2) is 31.3 Å². The molecular weight excluding hydrogens is 210 g/mol. The van der Waals surface area contributed by atoms with E-state index >= 15 is 0 Å². The van der Waals surface area contributed by atoms with E-state index in [0.717, 1.165) is 5.76 Å². The second-order valence-electron chi connectivity index (χ2n) is 4.12. The van der Waals surface area contributed by atoms with Crippen molar-refractivity contribution in [3.05, 3.63) is 23.7 Å². The minimum absolute atomic E-state index is 0.216. The van der Waals surface area contributed by atoms with Crippen LogP contribution in [0.5, 0.6) is 0 Å². The Morgan fingerprint density at radius 3 is 2.56 bits per heavy atom. The summed E-state index contributed by atoms with van der Waals surface area (Å²) in [4.78, 5) is 11.3. The van der Waals surface area contributed by atoms with Gasteiger partial charge in [0.05, 0.1) is 19.3 Å². The van der Waals surface area contributed by atoms with E-state index in [-0.39, 0.29) is 19.3 Å². The predicted octanol–water partition coefficient (Wildman–Crippen LogP) is 0.950. The Morgan fingerprint density at radius 2 is 2.25 bits per heavy atom. The summed E-state index contributed by atoms with van der Waals surface area (Å²) in [7, 11) is 1.73. The maximum atomic E-state index is 11.3. The first-order valence-electron chi connectivity index (χ1n) is 5.15. The fourth-order valence-electron chi connectivity index (χ4n) is 2.04. The van der Waals surface area contributed by atoms with Crippen molar-refractivity contribution in [2.24, 2.45) is 5.41 Å². The first-order chi connectivity index (χ1) is 7.60. The highest BCUT2D eigenvalue weighted by Gasteiger charge is 2.53. The summed E-state index contributed by atoms with van der Waals surface area (Å²) in [6, 6.07) is 3.28. The molecule has 2 heterocycles. The van der Waals surface area contributed by atoms with Gasteiger partial charge in [0, 0.05) is 0 Å². The molecule has 0 spiro atoms. The number of carboxylic acids is 1. The lowest BCUT2D eigenvalue weighted by molar-refractivity contribution is -0.187. The minimum atomic E-state index is -0.904. The monoisotopic (exact) mass is 225 g/mol. The fraction of sp³-hybridized carbons (Fsp3) is 0.545. The summed E-state index contributed by atoms with van der Waals surface area (Å²) in [6.45, 7) is 2.27. The average Bonchev–Trinajstić information content (AvgIpc) is 2.56. The van der Waals surface area contributed by atoms with E-state index in [1.165, 1.54) is 0 Å². The third kappa shape index (κ3) is 1.52. The third-order valence-electron chi connectivity index (χ3n) is 3.03. The van der Waals surface area contributed by atoms with Crippen molar-refractivity contribution < 1.29 is 19.1 Å². The van der Waals surface area contributed by atoms with Crippen molar-refractivity contribution in [3.63, 3.8) is 0 Å². The quantitative estimate of drug-likeness (QED) is 0.798. The first-order valence-corrected chi connectivity index (χ1v) is 5.15. The Kier molecular flexibility index (Phi) is 2.73. The highest BCUT2D eigenvalue weighted by atomic mass is 16.5. The lowest BCUT2D eigenvalue weighted by Gasteiger charge is -2.42. The number of ether oxygens (including phenoxy) is 1. The van der Waals surface area contributed by atoms with E-state index in [1.54, 1.807) is 13.1 Å². The first kappa shape index (κ1) is 11.2. The summed E-state index contributed by atoms with van der Waals surface area (Å²) in [5, 5.41) is 12.3. The number of nitrogens with one attached hydrogen (secondary N) is 1. The van der Waals surface area contributed by atoms with E-state index in [1.807, 2.05) is 13.0 Å². The van der Waals surface area contributed by atoms with Gasteiger partial charge in [-0.1, -0.05) is 0 Å². The predicted molar refractivity (Wildman–Crippen MR) is 56.1 cm³/mol. The molecule has 2 rings (SSSR count). The molecule has 5 heteroatoms. The van der Waals surface area contributed by atoms with Gasteiger partial charge in [-0.2, -0.15) is 0 Å². The molecule has 0 amide bonds. The van der Waals surface area contributed by atoms with Crippen LogP contribution in [0.4, 0.5) is 0 Å². The van der Waals surface area contributed by atoms with Crippen LogP contribution in [0.25, 0.3) is 0 Å². The van der Waals surface area contributed by atoms with Crippen LogP contribution in [0.3, 0.4) is 0 Å². The minimum Gasteiger partial charge on any atom is -0.481 e. The van der Waals surface area contributed by atoms with Gasteiger partial charge >= 0.3 is 5.97 Å². The summed E-state index contributed by atoms with van der Waals surface area (Å²) in [5.41, 5.74) is -0.904. The van der Waals surface area contributed by atoms with Gasteiger partial charge < -0.3 is 19.6 Å². The maximum absolute atomic E-state index is 11.3. The van der Waals surface area contributed by atoms with Gasteiger partial charge in [0.15, 0.2) is 0 Å². The average molecular weight is 225 g/mol. The number of hydrogen-bond donors (Lipinski definition) is 2. The lowest BCUT2D eigenvalue weighted by Crippen LogP contribution is -2.56. The zero-order chi connectivity index (χ0) is 11.8. The molecule has 1 aromatic heterocycles. The van der Waals surface area contributed by atoms with Gasteiger partial charge in [-0.3, -0.25) is 4.79 Å². The van der Waals surface area contributed by atoms with Crippen LogP contribution in [0.2, 0.25) is 0 Å². The molecule has 88 valence electrons. The van der Waals surface area contributed by atoms with Gasteiger partial charge in [0.25, 0.3) is 0 Å². The molecule has 0 bridgehead atoms. The number of furan rings is 1. The molecule has 1 aliphatic heterocycles. The van der Waals surface area contributed by atoms with Gasteiger partial charge in [-0.15, -0.1) is 0 Å². The molecule has 16 heavy (non-hydrogen) atoms. The summed E-state index contributed by atoms with van der Waals surface area (Å²) in [6.07, 6.45) is 0. The third-order valence-corrected chi connectivity index (χ3v) is 3.03. The Bertz CT molecular complexity index is 394. The van der Waals surface area contributed by atoms with E-state index < -0.39 is 11.4 Å². The molecule has 1 aliphatic rings. The second-order valence-corrected chi connectivity index (χ2v) is 4.12. The number of carbonyl (C=O) groups is 1. The van der Waals surface area contributed by atoms with Gasteiger partial charge in [0.2, 0.25) is 0 Å². The number of hydrogen-bond acceptors (Lipinski definition) is 4. The van der Waals surface area contributed by atoms with Crippen molar-refractivity contribution >= 4 is 5.97 Å². The topological polar surface area (TPSA) is 71.7 Å². The van der Waals surface area contributed by atoms with Crippen LogP contribution in [0.15, 0.2) is 16.5 Å². The zero-order valence-corrected chi connectivity index (χ0v) is 9.32. The van der Waals surface area contributed by atoms with Crippen molar-refractivity contribution in [2.75, 3.05) is 20.3 Å². The van der Waals surface area contributed by atoms with Gasteiger partial charge in [0.1, 0.15) is 16.9 Å². The largest absolute Gasteiger partial charge is 0.481 e. The Hall–Kier alpha value is -1.33. The van der Waals surface area contributed by atoms with Crippen LogP contribution in [0.1, 0.15) is 17.6 Å². The van der Waals surface area contributed by atoms with Crippen LogP contribution < -0.4 is 5.32 Å². The fourth-order valence-corrected chi connectivity index (χ4v) is 2.04. The Balaban J connectivity index is 2.31. The molecule has 1 aromatic rings. The molecule has 1 fully saturated rings. The molecule has 1 saturated heterocycles. The van der Waals surface area contributed by atoms with Crippen molar-refractivity contribution in [3.8, 4) is 0 Å². The standard InChI is InChI=1S/C11H15NO4/c1-7-3-4-8(16-7)9(12-2)11(10(13)14)5-15-6-11/h3-4,9,12H,5-6H2,1-2H3,(H,13,14). The summed E-state index contributed by atoms with van der Waals surface area (Å²) in [5.74, 6) is 0.564. The van der Waals surface area contributed by atoms with Crippen LogP contribution in [-0.2, 0) is 9.53 Å². The van der Waals surface area contributed by atoms with Crippen molar-refractivity contribution in [1.82, 2.24) is 5.32 Å². The van der Waals surface area contributed by atoms with Crippen LogP contribution in [0, 0.1) is 12.3 Å². The van der Waals surface area contributed by atoms with E-state index in [9.17, 15) is 9.90 Å². The highest BCUT2D eigenvalue weighted by Crippen LogP contribution is 2.41. The van der Waals surface area contributed by atoms with E-state index in [2.05, 4.69) is 5.32 Å². The Morgan fingerprint density at radius 1 is 1.56 bits per heavy atom. The second kappa shape index (κ2) is 3.92. The van der Waals surface area contributed by atoms with Crippen LogP contribution >= 0.6 is 0 Å². The van der Waals surface area contributed by atoms with Crippen molar-refractivity contribution in [2.45, 2.75) is 13.0 Å². The molecule has 0 radical (unpaired) electrons.